The fourth-order valence-corrected chi connectivity index (χ4v) is 4.63. The van der Waals surface area contributed by atoms with Gasteiger partial charge < -0.3 is 4.74 Å². The minimum atomic E-state index is -4.33. The first-order valence-electron chi connectivity index (χ1n) is 6.63. The van der Waals surface area contributed by atoms with E-state index >= 15 is 0 Å². The van der Waals surface area contributed by atoms with Crippen LogP contribution in [0.5, 0.6) is 0 Å². The number of carbonyl (C=O) groups is 2. The van der Waals surface area contributed by atoms with Gasteiger partial charge in [-0.15, -0.1) is 0 Å². The normalized spacial score (nSPS) is 32.9. The molecule has 6 nitrogen and oxygen atoms in total. The van der Waals surface area contributed by atoms with Gasteiger partial charge in [0.1, 0.15) is 5.82 Å². The van der Waals surface area contributed by atoms with Crippen molar-refractivity contribution in [1.29, 1.82) is 0 Å². The van der Waals surface area contributed by atoms with E-state index in [0.717, 1.165) is 24.3 Å². The highest BCUT2D eigenvalue weighted by Gasteiger charge is 2.63. The molecule has 2 saturated heterocycles. The highest BCUT2D eigenvalue weighted by atomic mass is 32.2. The monoisotopic (exact) mass is 323 g/mol. The van der Waals surface area contributed by atoms with Crippen molar-refractivity contribution in [1.82, 2.24) is 4.31 Å². The van der Waals surface area contributed by atoms with E-state index in [-0.39, 0.29) is 4.90 Å². The first-order chi connectivity index (χ1) is 10.4. The standard InChI is InChI=1S/C14H10FNO5S/c15-7-1-3-8(4-2-7)22(19,20)16-13(17)11-9-5-6-10(21-9)12(11)14(16)18/h1-6,9-12H. The van der Waals surface area contributed by atoms with E-state index in [1.807, 2.05) is 0 Å². The minimum Gasteiger partial charge on any atom is -0.365 e. The fourth-order valence-electron chi connectivity index (χ4n) is 3.23. The minimum absolute atomic E-state index is 0.295. The molecule has 0 saturated carbocycles. The predicted octanol–water partition coefficient (Wildman–Crippen LogP) is 0.453. The van der Waals surface area contributed by atoms with Gasteiger partial charge in [0.2, 0.25) is 11.8 Å². The van der Waals surface area contributed by atoms with Crippen molar-refractivity contribution >= 4 is 21.8 Å². The first-order valence-corrected chi connectivity index (χ1v) is 8.07. The maximum Gasteiger partial charge on any atom is 0.273 e. The smallest absolute Gasteiger partial charge is 0.273 e. The van der Waals surface area contributed by atoms with Gasteiger partial charge >= 0.3 is 0 Å². The van der Waals surface area contributed by atoms with Crippen LogP contribution in [-0.4, -0.2) is 36.7 Å². The lowest BCUT2D eigenvalue weighted by Gasteiger charge is -2.17. The molecule has 0 aliphatic carbocycles. The van der Waals surface area contributed by atoms with Gasteiger partial charge in [0.25, 0.3) is 10.0 Å². The maximum atomic E-state index is 12.9. The van der Waals surface area contributed by atoms with Crippen molar-refractivity contribution in [2.45, 2.75) is 17.1 Å². The number of nitrogens with zero attached hydrogens (tertiary/aromatic N) is 1. The highest BCUT2D eigenvalue weighted by Crippen LogP contribution is 2.46. The summed E-state index contributed by atoms with van der Waals surface area (Å²) in [6, 6.07) is 3.99. The van der Waals surface area contributed by atoms with E-state index < -0.39 is 51.7 Å². The summed E-state index contributed by atoms with van der Waals surface area (Å²) < 4.78 is 43.8. The summed E-state index contributed by atoms with van der Waals surface area (Å²) in [5.41, 5.74) is 0. The highest BCUT2D eigenvalue weighted by molar-refractivity contribution is 7.90. The van der Waals surface area contributed by atoms with Crippen molar-refractivity contribution in [2.75, 3.05) is 0 Å². The van der Waals surface area contributed by atoms with Gasteiger partial charge in [-0.25, -0.2) is 12.8 Å². The zero-order valence-corrected chi connectivity index (χ0v) is 11.9. The molecule has 0 aromatic heterocycles. The fraction of sp³-hybridized carbons (Fsp3) is 0.286. The molecule has 3 heterocycles. The Morgan fingerprint density at radius 1 is 0.955 bits per heavy atom. The Bertz CT molecular complexity index is 786. The molecule has 8 heteroatoms. The Morgan fingerprint density at radius 2 is 1.45 bits per heavy atom. The number of hydrogen-bond donors (Lipinski definition) is 0. The van der Waals surface area contributed by atoms with Crippen molar-refractivity contribution in [3.63, 3.8) is 0 Å². The van der Waals surface area contributed by atoms with E-state index in [1.54, 1.807) is 12.2 Å². The lowest BCUT2D eigenvalue weighted by atomic mass is 9.85. The molecule has 3 aliphatic rings. The quantitative estimate of drug-likeness (QED) is 0.583. The third kappa shape index (κ3) is 1.59. The van der Waals surface area contributed by atoms with Gasteiger partial charge in [-0.3, -0.25) is 9.59 Å². The molecular formula is C14H10FNO5S. The predicted molar refractivity (Wildman–Crippen MR) is 70.2 cm³/mol. The third-order valence-electron chi connectivity index (χ3n) is 4.22. The number of ether oxygens (including phenoxy) is 1. The van der Waals surface area contributed by atoms with Crippen molar-refractivity contribution in [3.8, 4) is 0 Å². The Balaban J connectivity index is 1.76. The molecule has 3 aliphatic heterocycles. The van der Waals surface area contributed by atoms with Gasteiger partial charge in [0, 0.05) is 0 Å². The molecule has 4 atom stereocenters. The number of imide groups is 1. The van der Waals surface area contributed by atoms with Gasteiger partial charge in [-0.1, -0.05) is 12.2 Å². The number of carbonyl (C=O) groups excluding carboxylic acids is 2. The molecule has 2 bridgehead atoms. The second-order valence-corrected chi connectivity index (χ2v) is 7.19. The maximum absolute atomic E-state index is 12.9. The lowest BCUT2D eigenvalue weighted by molar-refractivity contribution is -0.136. The van der Waals surface area contributed by atoms with Crippen LogP contribution in [0.4, 0.5) is 4.39 Å². The summed E-state index contributed by atoms with van der Waals surface area (Å²) in [4.78, 5) is 24.5. The first kappa shape index (κ1) is 13.6. The zero-order valence-electron chi connectivity index (χ0n) is 11.0. The van der Waals surface area contributed by atoms with Crippen LogP contribution in [0.15, 0.2) is 41.3 Å². The molecular weight excluding hydrogens is 313 g/mol. The Labute approximate surface area is 125 Å². The molecule has 2 amide bonds. The zero-order chi connectivity index (χ0) is 15.6. The molecule has 1 aromatic rings. The Morgan fingerprint density at radius 3 is 1.95 bits per heavy atom. The van der Waals surface area contributed by atoms with E-state index in [1.165, 1.54) is 0 Å². The molecule has 0 N–H and O–H groups in total. The second-order valence-electron chi connectivity index (χ2n) is 5.40. The van der Waals surface area contributed by atoms with Crippen molar-refractivity contribution in [2.24, 2.45) is 11.8 Å². The molecule has 114 valence electrons. The topological polar surface area (TPSA) is 80.8 Å². The SMILES string of the molecule is O=C1C2C3C=CC(O3)C2C(=O)N1S(=O)(=O)c1ccc(F)cc1. The van der Waals surface area contributed by atoms with Crippen molar-refractivity contribution in [3.05, 3.63) is 42.2 Å². The van der Waals surface area contributed by atoms with E-state index in [9.17, 15) is 22.4 Å². The van der Waals surface area contributed by atoms with Crippen molar-refractivity contribution < 1.29 is 27.1 Å². The van der Waals surface area contributed by atoms with E-state index in [4.69, 9.17) is 4.74 Å². The summed E-state index contributed by atoms with van der Waals surface area (Å²) in [7, 11) is -4.33. The van der Waals surface area contributed by atoms with Crippen LogP contribution in [0, 0.1) is 17.7 Å². The van der Waals surface area contributed by atoms with Gasteiger partial charge in [-0.05, 0) is 24.3 Å². The molecule has 4 unspecified atom stereocenters. The lowest BCUT2D eigenvalue weighted by Crippen LogP contribution is -2.39. The van der Waals surface area contributed by atoms with Crippen LogP contribution >= 0.6 is 0 Å². The van der Waals surface area contributed by atoms with Crippen LogP contribution in [0.3, 0.4) is 0 Å². The summed E-state index contributed by atoms with van der Waals surface area (Å²) in [5, 5.41) is 0. The molecule has 1 aromatic carbocycles. The number of halogens is 1. The van der Waals surface area contributed by atoms with E-state index in [2.05, 4.69) is 0 Å². The number of rotatable bonds is 2. The van der Waals surface area contributed by atoms with Gasteiger partial charge in [0.15, 0.2) is 0 Å². The van der Waals surface area contributed by atoms with Gasteiger partial charge in [0.05, 0.1) is 28.9 Å². The molecule has 0 spiro atoms. The Kier molecular flexibility index (Phi) is 2.62. The van der Waals surface area contributed by atoms with Gasteiger partial charge in [-0.2, -0.15) is 4.31 Å². The molecule has 0 radical (unpaired) electrons. The summed E-state index contributed by atoms with van der Waals surface area (Å²) in [6.07, 6.45) is 2.23. The second kappa shape index (κ2) is 4.23. The molecule has 4 rings (SSSR count). The average Bonchev–Trinajstić information content (AvgIpc) is 3.13. The number of amides is 2. The number of fused-ring (bicyclic) bond motifs is 5. The van der Waals surface area contributed by atoms with Crippen LogP contribution in [0.1, 0.15) is 0 Å². The van der Waals surface area contributed by atoms with E-state index in [0.29, 0.717) is 4.31 Å². The number of benzene rings is 1. The number of sulfonamides is 1. The summed E-state index contributed by atoms with van der Waals surface area (Å²) in [6.45, 7) is 0. The van der Waals surface area contributed by atoms with Crippen LogP contribution in [0.25, 0.3) is 0 Å². The van der Waals surface area contributed by atoms with Crippen LogP contribution in [0.2, 0.25) is 0 Å². The Hall–Kier alpha value is -2.06. The average molecular weight is 323 g/mol. The molecule has 22 heavy (non-hydrogen) atoms. The summed E-state index contributed by atoms with van der Waals surface area (Å²) in [5.74, 6) is -3.76. The van der Waals surface area contributed by atoms with Crippen LogP contribution in [-0.2, 0) is 24.3 Å². The summed E-state index contributed by atoms with van der Waals surface area (Å²) >= 11 is 0. The van der Waals surface area contributed by atoms with Crippen LogP contribution < -0.4 is 0 Å². The number of hydrogen-bond acceptors (Lipinski definition) is 5. The third-order valence-corrected chi connectivity index (χ3v) is 5.93. The molecule has 2 fully saturated rings. The largest absolute Gasteiger partial charge is 0.365 e.